The molecule has 2 unspecified atom stereocenters. The van der Waals surface area contributed by atoms with Crippen LogP contribution in [0.2, 0.25) is 0 Å². The largest absolute Gasteiger partial charge is 0.368 e. The highest BCUT2D eigenvalue weighted by molar-refractivity contribution is 7.99. The van der Waals surface area contributed by atoms with Crippen LogP contribution in [0.15, 0.2) is 4.52 Å². The number of hydrogen-bond acceptors (Lipinski definition) is 6. The third-order valence-corrected chi connectivity index (χ3v) is 4.18. The van der Waals surface area contributed by atoms with Gasteiger partial charge >= 0.3 is 0 Å². The van der Waals surface area contributed by atoms with Gasteiger partial charge in [0, 0.05) is 24.0 Å². The minimum Gasteiger partial charge on any atom is -0.368 e. The van der Waals surface area contributed by atoms with Crippen LogP contribution < -0.4 is 5.32 Å². The summed E-state index contributed by atoms with van der Waals surface area (Å²) < 4.78 is 11.0. The van der Waals surface area contributed by atoms with Crippen LogP contribution in [0.4, 0.5) is 0 Å². The lowest BCUT2D eigenvalue weighted by Crippen LogP contribution is -2.31. The third kappa shape index (κ3) is 4.47. The van der Waals surface area contributed by atoms with Gasteiger partial charge in [-0.3, -0.25) is 0 Å². The van der Waals surface area contributed by atoms with Crippen LogP contribution in [0.25, 0.3) is 0 Å². The quantitative estimate of drug-likeness (QED) is 0.828. The summed E-state index contributed by atoms with van der Waals surface area (Å²) in [6.07, 6.45) is 3.00. The predicted molar refractivity (Wildman–Crippen MR) is 76.4 cm³/mol. The maximum atomic E-state index is 5.65. The highest BCUT2D eigenvalue weighted by atomic mass is 32.2. The first-order chi connectivity index (χ1) is 9.33. The molecule has 108 valence electrons. The Morgan fingerprint density at radius 1 is 1.47 bits per heavy atom. The number of nitrogens with one attached hydrogen (secondary N) is 1. The van der Waals surface area contributed by atoms with Crippen molar-refractivity contribution in [1.29, 1.82) is 0 Å². The van der Waals surface area contributed by atoms with E-state index in [1.54, 1.807) is 0 Å². The lowest BCUT2D eigenvalue weighted by molar-refractivity contribution is 0.0677. The SMILES string of the molecule is CCCNC(CC)Cc1nc(C2CSCCO2)no1. The second kappa shape index (κ2) is 7.87. The molecular formula is C13H23N3O2S. The molecule has 1 aliphatic heterocycles. The average Bonchev–Trinajstić information content (AvgIpc) is 2.93. The molecule has 5 nitrogen and oxygen atoms in total. The lowest BCUT2D eigenvalue weighted by atomic mass is 10.1. The molecule has 0 amide bonds. The summed E-state index contributed by atoms with van der Waals surface area (Å²) in [4.78, 5) is 4.47. The highest BCUT2D eigenvalue weighted by Crippen LogP contribution is 2.24. The van der Waals surface area contributed by atoms with Gasteiger partial charge in [0.25, 0.3) is 0 Å². The number of hydrogen-bond donors (Lipinski definition) is 1. The Bertz CT molecular complexity index is 367. The van der Waals surface area contributed by atoms with Crippen molar-refractivity contribution in [2.24, 2.45) is 0 Å². The van der Waals surface area contributed by atoms with Crippen LogP contribution in [-0.4, -0.2) is 40.8 Å². The van der Waals surface area contributed by atoms with Gasteiger partial charge in [-0.25, -0.2) is 0 Å². The second-order valence-corrected chi connectivity index (χ2v) is 5.89. The van der Waals surface area contributed by atoms with Crippen molar-refractivity contribution >= 4 is 11.8 Å². The number of aromatic nitrogens is 2. The van der Waals surface area contributed by atoms with Crippen molar-refractivity contribution in [2.45, 2.75) is 45.3 Å². The van der Waals surface area contributed by atoms with Crippen molar-refractivity contribution < 1.29 is 9.26 Å². The molecule has 2 atom stereocenters. The third-order valence-electron chi connectivity index (χ3n) is 3.18. The van der Waals surface area contributed by atoms with E-state index in [-0.39, 0.29) is 6.10 Å². The zero-order chi connectivity index (χ0) is 13.5. The molecule has 1 N–H and O–H groups in total. The van der Waals surface area contributed by atoms with Gasteiger partial charge in [0.15, 0.2) is 0 Å². The summed E-state index contributed by atoms with van der Waals surface area (Å²) in [7, 11) is 0. The molecule has 1 aromatic heterocycles. The van der Waals surface area contributed by atoms with E-state index in [2.05, 4.69) is 29.3 Å². The Kier molecular flexibility index (Phi) is 6.13. The molecule has 0 aliphatic carbocycles. The summed E-state index contributed by atoms with van der Waals surface area (Å²) in [5.74, 6) is 3.39. The average molecular weight is 285 g/mol. The molecule has 1 fully saturated rings. The van der Waals surface area contributed by atoms with E-state index < -0.39 is 0 Å². The first-order valence-corrected chi connectivity index (χ1v) is 8.24. The Morgan fingerprint density at radius 2 is 2.37 bits per heavy atom. The molecule has 2 heterocycles. The molecule has 6 heteroatoms. The number of rotatable bonds is 7. The van der Waals surface area contributed by atoms with Crippen LogP contribution in [0.1, 0.15) is 44.5 Å². The van der Waals surface area contributed by atoms with Gasteiger partial charge in [-0.2, -0.15) is 16.7 Å². The summed E-state index contributed by atoms with van der Waals surface area (Å²) in [5.41, 5.74) is 0. The van der Waals surface area contributed by atoms with Crippen LogP contribution in [0.3, 0.4) is 0 Å². The van der Waals surface area contributed by atoms with Gasteiger partial charge in [0.2, 0.25) is 11.7 Å². The second-order valence-electron chi connectivity index (χ2n) is 4.74. The maximum Gasteiger partial charge on any atom is 0.228 e. The lowest BCUT2D eigenvalue weighted by Gasteiger charge is -2.18. The van der Waals surface area contributed by atoms with Crippen molar-refractivity contribution in [1.82, 2.24) is 15.5 Å². The molecule has 1 aliphatic rings. The van der Waals surface area contributed by atoms with Crippen LogP contribution in [-0.2, 0) is 11.2 Å². The van der Waals surface area contributed by atoms with E-state index in [0.717, 1.165) is 43.9 Å². The molecule has 1 aromatic rings. The van der Waals surface area contributed by atoms with Gasteiger partial charge in [0.1, 0.15) is 6.10 Å². The predicted octanol–water partition coefficient (Wildman–Crippen LogP) is 2.19. The van der Waals surface area contributed by atoms with Crippen LogP contribution in [0, 0.1) is 0 Å². The molecule has 19 heavy (non-hydrogen) atoms. The monoisotopic (exact) mass is 285 g/mol. The van der Waals surface area contributed by atoms with Crippen molar-refractivity contribution in [3.8, 4) is 0 Å². The fourth-order valence-electron chi connectivity index (χ4n) is 2.04. The van der Waals surface area contributed by atoms with Crippen molar-refractivity contribution in [3.63, 3.8) is 0 Å². The van der Waals surface area contributed by atoms with Crippen molar-refractivity contribution in [3.05, 3.63) is 11.7 Å². The van der Waals surface area contributed by atoms with Crippen molar-refractivity contribution in [2.75, 3.05) is 24.7 Å². The molecule has 1 saturated heterocycles. The molecule has 0 aromatic carbocycles. The molecule has 0 spiro atoms. The molecule has 0 saturated carbocycles. The molecular weight excluding hydrogens is 262 g/mol. The minimum atomic E-state index is -0.0000671. The first-order valence-electron chi connectivity index (χ1n) is 7.08. The molecule has 0 radical (unpaired) electrons. The Morgan fingerprint density at radius 3 is 3.05 bits per heavy atom. The van der Waals surface area contributed by atoms with Gasteiger partial charge < -0.3 is 14.6 Å². The Balaban J connectivity index is 1.88. The Labute approximate surface area is 118 Å². The van der Waals surface area contributed by atoms with Gasteiger partial charge in [-0.05, 0) is 19.4 Å². The zero-order valence-electron chi connectivity index (χ0n) is 11.7. The fourth-order valence-corrected chi connectivity index (χ4v) is 2.88. The van der Waals surface area contributed by atoms with Crippen LogP contribution in [0.5, 0.6) is 0 Å². The number of nitrogens with zero attached hydrogens (tertiary/aromatic N) is 2. The van der Waals surface area contributed by atoms with E-state index in [1.165, 1.54) is 0 Å². The first kappa shape index (κ1) is 14.8. The van der Waals surface area contributed by atoms with E-state index in [0.29, 0.717) is 17.8 Å². The summed E-state index contributed by atoms with van der Waals surface area (Å²) in [6.45, 7) is 6.14. The minimum absolute atomic E-state index is 0.0000671. The van der Waals surface area contributed by atoms with Gasteiger partial charge in [-0.15, -0.1) is 0 Å². The van der Waals surface area contributed by atoms with Crippen LogP contribution >= 0.6 is 11.8 Å². The zero-order valence-corrected chi connectivity index (χ0v) is 12.5. The topological polar surface area (TPSA) is 60.2 Å². The summed E-state index contributed by atoms with van der Waals surface area (Å²) in [5, 5.41) is 7.55. The smallest absolute Gasteiger partial charge is 0.228 e. The maximum absolute atomic E-state index is 5.65. The van der Waals surface area contributed by atoms with E-state index in [9.17, 15) is 0 Å². The standard InChI is InChI=1S/C13H23N3O2S/c1-3-5-14-10(4-2)8-12-15-13(16-18-12)11-9-19-7-6-17-11/h10-11,14H,3-9H2,1-2H3. The van der Waals surface area contributed by atoms with E-state index >= 15 is 0 Å². The number of thioether (sulfide) groups is 1. The van der Waals surface area contributed by atoms with Gasteiger partial charge in [-0.1, -0.05) is 19.0 Å². The summed E-state index contributed by atoms with van der Waals surface area (Å²) in [6, 6.07) is 0.412. The van der Waals surface area contributed by atoms with Gasteiger partial charge in [0.05, 0.1) is 6.61 Å². The highest BCUT2D eigenvalue weighted by Gasteiger charge is 2.22. The normalized spacial score (nSPS) is 21.5. The Hall–Kier alpha value is -0.590. The molecule has 2 rings (SSSR count). The summed E-state index contributed by atoms with van der Waals surface area (Å²) >= 11 is 1.88. The number of ether oxygens (including phenoxy) is 1. The van der Waals surface area contributed by atoms with E-state index in [1.807, 2.05) is 11.8 Å². The van der Waals surface area contributed by atoms with E-state index in [4.69, 9.17) is 9.26 Å². The fraction of sp³-hybridized carbons (Fsp3) is 0.846. The molecule has 0 bridgehead atoms.